The summed E-state index contributed by atoms with van der Waals surface area (Å²) in [5.74, 6) is 0.167. The maximum atomic E-state index is 10.3. The number of hydrogen-bond acceptors (Lipinski definition) is 2. The first-order valence-corrected chi connectivity index (χ1v) is 4.59. The zero-order valence-corrected chi connectivity index (χ0v) is 9.34. The standard InChI is InChI=1S/C7H7ClN2O.C3H6O/c8-5-2-1-3-6(4-5)10-7(9)11;1-3(2)4/h1-4H,(H3,9,10,11);1-2H3. The van der Waals surface area contributed by atoms with Crippen LogP contribution in [0, 0.1) is 0 Å². The number of benzene rings is 1. The van der Waals surface area contributed by atoms with Crippen molar-refractivity contribution in [2.24, 2.45) is 5.73 Å². The van der Waals surface area contributed by atoms with Crippen molar-refractivity contribution in [2.45, 2.75) is 13.8 Å². The largest absolute Gasteiger partial charge is 0.351 e. The number of amides is 2. The Morgan fingerprint density at radius 3 is 2.27 bits per heavy atom. The van der Waals surface area contributed by atoms with Crippen LogP contribution < -0.4 is 11.1 Å². The summed E-state index contributed by atoms with van der Waals surface area (Å²) >= 11 is 5.64. The average Bonchev–Trinajstić information content (AvgIpc) is 2.00. The van der Waals surface area contributed by atoms with Gasteiger partial charge < -0.3 is 15.8 Å². The molecule has 5 heteroatoms. The maximum absolute atomic E-state index is 10.3. The third-order valence-corrected chi connectivity index (χ3v) is 1.33. The van der Waals surface area contributed by atoms with Crippen LogP contribution >= 0.6 is 11.6 Å². The van der Waals surface area contributed by atoms with E-state index in [1.54, 1.807) is 24.3 Å². The van der Waals surface area contributed by atoms with E-state index >= 15 is 0 Å². The highest BCUT2D eigenvalue weighted by Gasteiger charge is 1.94. The van der Waals surface area contributed by atoms with Crippen LogP contribution in [0.15, 0.2) is 24.3 Å². The SMILES string of the molecule is CC(C)=O.NC(=O)Nc1cccc(Cl)c1. The number of carbonyl (C=O) groups is 2. The number of nitrogens with two attached hydrogens (primary N) is 1. The Kier molecular flexibility index (Phi) is 6.13. The van der Waals surface area contributed by atoms with Crippen molar-refractivity contribution >= 4 is 29.1 Å². The third kappa shape index (κ3) is 8.77. The highest BCUT2D eigenvalue weighted by atomic mass is 35.5. The van der Waals surface area contributed by atoms with Crippen LogP contribution in [0.1, 0.15) is 13.8 Å². The van der Waals surface area contributed by atoms with Gasteiger partial charge in [0.25, 0.3) is 0 Å². The van der Waals surface area contributed by atoms with Crippen LogP contribution in [0.2, 0.25) is 5.02 Å². The molecule has 0 saturated carbocycles. The van der Waals surface area contributed by atoms with Crippen LogP contribution in [0.25, 0.3) is 0 Å². The van der Waals surface area contributed by atoms with Gasteiger partial charge in [-0.3, -0.25) is 0 Å². The van der Waals surface area contributed by atoms with Gasteiger partial charge in [0.05, 0.1) is 0 Å². The topological polar surface area (TPSA) is 72.2 Å². The lowest BCUT2D eigenvalue weighted by Gasteiger charge is -1.99. The molecule has 0 aliphatic rings. The number of urea groups is 1. The fourth-order valence-electron chi connectivity index (χ4n) is 0.708. The van der Waals surface area contributed by atoms with Gasteiger partial charge in [-0.05, 0) is 32.0 Å². The van der Waals surface area contributed by atoms with Gasteiger partial charge in [-0.1, -0.05) is 17.7 Å². The Balaban J connectivity index is 0.000000423. The molecule has 0 atom stereocenters. The molecule has 0 saturated heterocycles. The van der Waals surface area contributed by atoms with E-state index in [4.69, 9.17) is 17.3 Å². The van der Waals surface area contributed by atoms with E-state index < -0.39 is 6.03 Å². The maximum Gasteiger partial charge on any atom is 0.316 e. The number of carbonyl (C=O) groups excluding carboxylic acids is 2. The van der Waals surface area contributed by atoms with Crippen LogP contribution in [-0.2, 0) is 4.79 Å². The molecule has 0 fully saturated rings. The lowest BCUT2D eigenvalue weighted by atomic mass is 10.3. The molecule has 0 radical (unpaired) electrons. The minimum Gasteiger partial charge on any atom is -0.351 e. The monoisotopic (exact) mass is 228 g/mol. The van der Waals surface area contributed by atoms with E-state index in [0.29, 0.717) is 10.7 Å². The minimum atomic E-state index is -0.590. The van der Waals surface area contributed by atoms with Crippen molar-refractivity contribution in [3.63, 3.8) is 0 Å². The second-order valence-electron chi connectivity index (χ2n) is 2.91. The normalized spacial score (nSPS) is 8.47. The van der Waals surface area contributed by atoms with Gasteiger partial charge in [0, 0.05) is 10.7 Å². The molecule has 0 bridgehead atoms. The summed E-state index contributed by atoms with van der Waals surface area (Å²) in [5, 5.41) is 2.97. The molecule has 0 spiro atoms. The molecule has 1 aromatic carbocycles. The fraction of sp³-hybridized carbons (Fsp3) is 0.200. The molecule has 0 aliphatic heterocycles. The van der Waals surface area contributed by atoms with Crippen molar-refractivity contribution in [1.29, 1.82) is 0 Å². The highest BCUT2D eigenvalue weighted by Crippen LogP contribution is 2.14. The molecular formula is C10H13ClN2O2. The Morgan fingerprint density at radius 1 is 1.33 bits per heavy atom. The van der Waals surface area contributed by atoms with Crippen LogP contribution in [0.3, 0.4) is 0 Å². The van der Waals surface area contributed by atoms with Crippen molar-refractivity contribution in [3.8, 4) is 0 Å². The van der Waals surface area contributed by atoms with Crippen LogP contribution in [0.5, 0.6) is 0 Å². The zero-order chi connectivity index (χ0) is 11.8. The number of ketones is 1. The van der Waals surface area contributed by atoms with Gasteiger partial charge in [0.1, 0.15) is 5.78 Å². The van der Waals surface area contributed by atoms with Crippen LogP contribution in [-0.4, -0.2) is 11.8 Å². The molecule has 2 amide bonds. The molecule has 4 nitrogen and oxygen atoms in total. The van der Waals surface area contributed by atoms with Crippen molar-refractivity contribution in [1.82, 2.24) is 0 Å². The number of nitrogens with one attached hydrogen (secondary N) is 1. The average molecular weight is 229 g/mol. The fourth-order valence-corrected chi connectivity index (χ4v) is 0.899. The Morgan fingerprint density at radius 2 is 1.87 bits per heavy atom. The number of Topliss-reactive ketones (excluding diaryl/α,β-unsaturated/α-hetero) is 1. The summed E-state index contributed by atoms with van der Waals surface area (Å²) in [6.07, 6.45) is 0. The number of hydrogen-bond donors (Lipinski definition) is 2. The molecule has 0 heterocycles. The molecular weight excluding hydrogens is 216 g/mol. The van der Waals surface area contributed by atoms with Gasteiger partial charge in [-0.15, -0.1) is 0 Å². The van der Waals surface area contributed by atoms with Crippen LogP contribution in [0.4, 0.5) is 10.5 Å². The van der Waals surface area contributed by atoms with Crippen molar-refractivity contribution in [3.05, 3.63) is 29.3 Å². The van der Waals surface area contributed by atoms with E-state index in [1.165, 1.54) is 13.8 Å². The Labute approximate surface area is 93.4 Å². The van der Waals surface area contributed by atoms with Gasteiger partial charge >= 0.3 is 6.03 Å². The summed E-state index contributed by atoms with van der Waals surface area (Å²) < 4.78 is 0. The first-order chi connectivity index (χ1) is 6.91. The molecule has 1 aromatic rings. The minimum absolute atomic E-state index is 0.167. The smallest absolute Gasteiger partial charge is 0.316 e. The summed E-state index contributed by atoms with van der Waals surface area (Å²) in [4.78, 5) is 19.8. The van der Waals surface area contributed by atoms with Crippen molar-refractivity contribution in [2.75, 3.05) is 5.32 Å². The Hall–Kier alpha value is -1.55. The molecule has 15 heavy (non-hydrogen) atoms. The summed E-state index contributed by atoms with van der Waals surface area (Å²) in [5.41, 5.74) is 5.48. The van der Waals surface area contributed by atoms with E-state index in [-0.39, 0.29) is 5.78 Å². The summed E-state index contributed by atoms with van der Waals surface area (Å²) in [7, 11) is 0. The third-order valence-electron chi connectivity index (χ3n) is 1.09. The number of anilines is 1. The summed E-state index contributed by atoms with van der Waals surface area (Å²) in [6, 6.07) is 6.18. The lowest BCUT2D eigenvalue weighted by molar-refractivity contribution is -0.114. The number of halogens is 1. The molecule has 3 N–H and O–H groups in total. The highest BCUT2D eigenvalue weighted by molar-refractivity contribution is 6.30. The quantitative estimate of drug-likeness (QED) is 0.775. The van der Waals surface area contributed by atoms with E-state index in [2.05, 4.69) is 5.32 Å². The molecule has 82 valence electrons. The first-order valence-electron chi connectivity index (χ1n) is 4.21. The van der Waals surface area contributed by atoms with Gasteiger partial charge in [-0.25, -0.2) is 4.79 Å². The number of rotatable bonds is 1. The number of primary amides is 1. The summed E-state index contributed by atoms with van der Waals surface area (Å²) in [6.45, 7) is 3.06. The second kappa shape index (κ2) is 6.84. The lowest BCUT2D eigenvalue weighted by Crippen LogP contribution is -2.19. The first kappa shape index (κ1) is 13.5. The van der Waals surface area contributed by atoms with Gasteiger partial charge in [-0.2, -0.15) is 0 Å². The predicted molar refractivity (Wildman–Crippen MR) is 61.0 cm³/mol. The molecule has 0 aliphatic carbocycles. The molecule has 1 rings (SSSR count). The zero-order valence-electron chi connectivity index (χ0n) is 8.58. The van der Waals surface area contributed by atoms with E-state index in [0.717, 1.165) is 0 Å². The van der Waals surface area contributed by atoms with Crippen molar-refractivity contribution < 1.29 is 9.59 Å². The molecule has 0 unspecified atom stereocenters. The molecule has 0 aromatic heterocycles. The Bertz CT molecular complexity index is 349. The van der Waals surface area contributed by atoms with Gasteiger partial charge in [0.2, 0.25) is 0 Å². The predicted octanol–water partition coefficient (Wildman–Crippen LogP) is 2.43. The second-order valence-corrected chi connectivity index (χ2v) is 3.34. The van der Waals surface area contributed by atoms with E-state index in [1.807, 2.05) is 0 Å². The van der Waals surface area contributed by atoms with Gasteiger partial charge in [0.15, 0.2) is 0 Å². The van der Waals surface area contributed by atoms with E-state index in [9.17, 15) is 9.59 Å².